The van der Waals surface area contributed by atoms with Crippen molar-refractivity contribution in [1.29, 1.82) is 0 Å². The molecule has 0 radical (unpaired) electrons. The zero-order valence-electron chi connectivity index (χ0n) is 43.6. The summed E-state index contributed by atoms with van der Waals surface area (Å²) in [5.74, 6) is -1.45. The molecule has 19 heteroatoms. The largest absolute Gasteiger partial charge is 0.497 e. The second-order valence-electron chi connectivity index (χ2n) is 18.7. The van der Waals surface area contributed by atoms with Crippen molar-refractivity contribution in [2.45, 2.75) is 47.0 Å². The van der Waals surface area contributed by atoms with Crippen LogP contribution in [0.15, 0.2) is 220 Å². The summed E-state index contributed by atoms with van der Waals surface area (Å²) < 4.78 is 19.0. The van der Waals surface area contributed by atoms with Crippen LogP contribution in [-0.4, -0.2) is 85.5 Å². The summed E-state index contributed by atoms with van der Waals surface area (Å²) in [7, 11) is 1.57. The van der Waals surface area contributed by atoms with E-state index >= 15 is 0 Å². The average molecular weight is 1150 g/mol. The molecular formula is C62H51N7O8S4. The second-order valence-corrected chi connectivity index (χ2v) is 22.9. The first-order valence-corrected chi connectivity index (χ1v) is 29.5. The monoisotopic (exact) mass is 1150 g/mol. The highest BCUT2D eigenvalue weighted by Crippen LogP contribution is 2.44. The van der Waals surface area contributed by atoms with Crippen LogP contribution in [0.5, 0.6) is 5.75 Å². The van der Waals surface area contributed by atoms with Gasteiger partial charge in [-0.25, -0.2) is 24.5 Å². The number of anilines is 1. The van der Waals surface area contributed by atoms with Gasteiger partial charge in [0.05, 0.1) is 11.8 Å². The molecule has 1 fully saturated rings. The van der Waals surface area contributed by atoms with Crippen LogP contribution in [0.1, 0.15) is 52.1 Å². The van der Waals surface area contributed by atoms with Gasteiger partial charge in [0.1, 0.15) is 40.7 Å². The number of rotatable bonds is 21. The third kappa shape index (κ3) is 11.8. The van der Waals surface area contributed by atoms with Gasteiger partial charge in [-0.05, 0) is 70.1 Å². The third-order valence-electron chi connectivity index (χ3n) is 13.5. The van der Waals surface area contributed by atoms with E-state index in [1.807, 2.05) is 164 Å². The predicted octanol–water partition coefficient (Wildman–Crippen LogP) is 11.2. The Morgan fingerprint density at radius 3 is 1.98 bits per heavy atom. The lowest BCUT2D eigenvalue weighted by Crippen LogP contribution is -2.71. The maximum atomic E-state index is 15.0. The topological polar surface area (TPSA) is 184 Å². The van der Waals surface area contributed by atoms with Crippen LogP contribution in [0.2, 0.25) is 0 Å². The third-order valence-corrected chi connectivity index (χ3v) is 17.9. The number of fused-ring (bicyclic) bond motifs is 2. The Bertz CT molecular complexity index is 3570. The molecule has 6 aromatic carbocycles. The van der Waals surface area contributed by atoms with E-state index in [0.717, 1.165) is 42.4 Å². The molecule has 1 unspecified atom stereocenters. The van der Waals surface area contributed by atoms with E-state index < -0.39 is 52.9 Å². The van der Waals surface area contributed by atoms with Crippen molar-refractivity contribution in [1.82, 2.24) is 25.2 Å². The minimum absolute atomic E-state index is 0.0606. The van der Waals surface area contributed by atoms with Gasteiger partial charge in [0.2, 0.25) is 6.10 Å². The van der Waals surface area contributed by atoms with Crippen molar-refractivity contribution in [3.8, 4) is 5.75 Å². The number of β-lactam (4-membered cyclic amide) rings is 1. The van der Waals surface area contributed by atoms with Crippen LogP contribution in [0.25, 0.3) is 10.3 Å². The Morgan fingerprint density at radius 2 is 1.38 bits per heavy atom. The van der Waals surface area contributed by atoms with E-state index in [4.69, 9.17) is 24.0 Å². The summed E-state index contributed by atoms with van der Waals surface area (Å²) in [6.45, 7) is 1.42. The average Bonchev–Trinajstić information content (AvgIpc) is 4.29. The van der Waals surface area contributed by atoms with E-state index in [1.165, 1.54) is 58.0 Å². The maximum Gasteiger partial charge on any atom is 0.355 e. The highest BCUT2D eigenvalue weighted by Gasteiger charge is 2.55. The van der Waals surface area contributed by atoms with Gasteiger partial charge < -0.3 is 29.7 Å². The fraction of sp³-hybridized carbons (Fsp3) is 0.161. The zero-order valence-corrected chi connectivity index (χ0v) is 46.9. The first-order valence-electron chi connectivity index (χ1n) is 25.7. The van der Waals surface area contributed by atoms with Crippen molar-refractivity contribution in [2.75, 3.05) is 23.9 Å². The maximum absolute atomic E-state index is 15.0. The number of oxime groups is 1. The zero-order chi connectivity index (χ0) is 55.7. The van der Waals surface area contributed by atoms with E-state index in [9.17, 15) is 19.2 Å². The molecule has 2 N–H and O–H groups in total. The molecule has 1 saturated heterocycles. The molecule has 5 heterocycles. The number of carbonyl (C=O) groups excluding carboxylic acids is 4. The number of methoxy groups -OCH3 is 1. The van der Waals surface area contributed by atoms with Crippen LogP contribution in [0.3, 0.4) is 0 Å². The first-order chi connectivity index (χ1) is 39.7. The lowest BCUT2D eigenvalue weighted by Gasteiger charge is -2.49. The van der Waals surface area contributed by atoms with Gasteiger partial charge in [-0.15, -0.1) is 34.4 Å². The van der Waals surface area contributed by atoms with Gasteiger partial charge in [-0.2, -0.15) is 0 Å². The highest BCUT2D eigenvalue weighted by atomic mass is 32.2. The lowest BCUT2D eigenvalue weighted by molar-refractivity contribution is -0.160. The predicted molar refractivity (Wildman–Crippen MR) is 316 cm³/mol. The number of thiazole rings is 2. The van der Waals surface area contributed by atoms with Gasteiger partial charge >= 0.3 is 11.9 Å². The SMILES string of the molecule is COc1ccc(COC(=O)C2=C(CSc3nc4ncccc4s3)CS[C@@H]3C(NC(=O)/C(=N/O[C@@H](C)C(=O)OC(c4ccccc4)c4ccccc4)c4csc(NC(c5ccccc5)(c5ccccc5)c5ccccc5)n4)C(=O)N23)cc1. The number of carbonyl (C=O) groups is 4. The molecule has 3 atom stereocenters. The van der Waals surface area contributed by atoms with Gasteiger partial charge in [-0.3, -0.25) is 14.5 Å². The van der Waals surface area contributed by atoms with Crippen LogP contribution in [0.4, 0.5) is 5.13 Å². The van der Waals surface area contributed by atoms with Gasteiger partial charge in [0, 0.05) is 23.1 Å². The standard InChI is InChI=1S/C62H51N7O8S4/c1-39(58(72)76-53(41-19-8-3-9-20-41)42-21-10-4-11-22-42)77-68-50(48-38-79-60(64-48)67-62(44-23-12-5-13-24-44,45-25-14-6-15-26-45)46-27-16-7-17-28-46)55(70)65-51-56(71)69-52(59(73)75-35-40-30-32-47(74-2)33-31-40)43(36-78-57(51)69)37-80-61-66-54-49(81-61)29-18-34-63-54/h3-34,38-39,51,53,57H,35-37H2,1-2H3,(H,64,67)(H,65,70)/b68-50+/t39-,51?,57+/m0/s1. The van der Waals surface area contributed by atoms with E-state index in [1.54, 1.807) is 43.0 Å². The number of pyridine rings is 1. The lowest BCUT2D eigenvalue weighted by atomic mass is 9.77. The Morgan fingerprint density at radius 1 is 0.778 bits per heavy atom. The van der Waals surface area contributed by atoms with Crippen molar-refractivity contribution in [2.24, 2.45) is 5.16 Å². The minimum atomic E-state index is -1.32. The smallest absolute Gasteiger partial charge is 0.355 e. The molecule has 2 aliphatic rings. The number of nitrogens with zero attached hydrogens (tertiary/aromatic N) is 5. The van der Waals surface area contributed by atoms with Crippen LogP contribution >= 0.6 is 46.2 Å². The van der Waals surface area contributed by atoms with Crippen LogP contribution in [0, 0.1) is 0 Å². The van der Waals surface area contributed by atoms with Gasteiger partial charge in [0.15, 0.2) is 26.9 Å². The Balaban J connectivity index is 0.896. The molecule has 0 spiro atoms. The summed E-state index contributed by atoms with van der Waals surface area (Å²) in [6.07, 6.45) is -0.401. The van der Waals surface area contributed by atoms with Gasteiger partial charge in [0.25, 0.3) is 11.8 Å². The quantitative estimate of drug-likeness (QED) is 0.0173. The molecule has 406 valence electrons. The number of thioether (sulfide) groups is 2. The molecule has 0 saturated carbocycles. The number of esters is 2. The number of hydrogen-bond acceptors (Lipinski definition) is 17. The molecule has 11 rings (SSSR count). The number of ether oxygens (including phenoxy) is 3. The molecule has 9 aromatic rings. The number of nitrogens with one attached hydrogen (secondary N) is 2. The molecule has 15 nitrogen and oxygen atoms in total. The van der Waals surface area contributed by atoms with E-state index in [2.05, 4.69) is 25.8 Å². The summed E-state index contributed by atoms with van der Waals surface area (Å²) >= 11 is 5.57. The number of benzene rings is 6. The molecular weight excluding hydrogens is 1100 g/mol. The summed E-state index contributed by atoms with van der Waals surface area (Å²) in [6, 6.07) is 58.5. The molecule has 3 aromatic heterocycles. The molecule has 0 bridgehead atoms. The van der Waals surface area contributed by atoms with Crippen molar-refractivity contribution < 1.29 is 38.2 Å². The van der Waals surface area contributed by atoms with Crippen LogP contribution < -0.4 is 15.4 Å². The Hall–Kier alpha value is -8.62. The molecule has 2 aliphatic heterocycles. The fourth-order valence-electron chi connectivity index (χ4n) is 9.45. The van der Waals surface area contributed by atoms with Crippen molar-refractivity contribution >= 4 is 91.1 Å². The second kappa shape index (κ2) is 24.8. The van der Waals surface area contributed by atoms with Crippen molar-refractivity contribution in [3.05, 3.63) is 250 Å². The van der Waals surface area contributed by atoms with E-state index in [0.29, 0.717) is 33.6 Å². The molecule has 81 heavy (non-hydrogen) atoms. The fourth-order valence-corrected chi connectivity index (χ4v) is 13.7. The highest BCUT2D eigenvalue weighted by molar-refractivity contribution is 8.02. The minimum Gasteiger partial charge on any atom is -0.497 e. The van der Waals surface area contributed by atoms with Crippen molar-refractivity contribution in [3.63, 3.8) is 0 Å². The van der Waals surface area contributed by atoms with Crippen LogP contribution in [-0.2, 0) is 45.6 Å². The summed E-state index contributed by atoms with van der Waals surface area (Å²) in [5.41, 5.74) is 5.22. The normalized spacial score (nSPS) is 15.6. The number of amides is 2. The Labute approximate surface area is 483 Å². The Kier molecular flexibility index (Phi) is 16.6. The number of aromatic nitrogens is 3. The summed E-state index contributed by atoms with van der Waals surface area (Å²) in [5, 5.41) is 12.4. The molecule has 0 aliphatic carbocycles. The summed E-state index contributed by atoms with van der Waals surface area (Å²) in [4.78, 5) is 79.2. The van der Waals surface area contributed by atoms with E-state index in [-0.39, 0.29) is 23.7 Å². The van der Waals surface area contributed by atoms with Gasteiger partial charge in [-0.1, -0.05) is 181 Å². The number of hydrogen-bond donors (Lipinski definition) is 2. The first kappa shape index (κ1) is 54.3. The molecule has 2 amide bonds.